The molecule has 182 valence electrons. The Balaban J connectivity index is 0.00000274. The van der Waals surface area contributed by atoms with Gasteiger partial charge in [0, 0.05) is 25.6 Å². The Hall–Kier alpha value is -2.57. The number of nitrogens with zero attached hydrogens (tertiary/aromatic N) is 1. The number of carbonyl (C=O) groups excluding carboxylic acids is 1. The van der Waals surface area contributed by atoms with Crippen molar-refractivity contribution in [3.63, 3.8) is 0 Å². The van der Waals surface area contributed by atoms with Crippen LogP contribution in [0.3, 0.4) is 0 Å². The summed E-state index contributed by atoms with van der Waals surface area (Å²) >= 11 is 0. The highest BCUT2D eigenvalue weighted by atomic mass is 35.5. The summed E-state index contributed by atoms with van der Waals surface area (Å²) in [5.41, 5.74) is 3.35. The number of rotatable bonds is 6. The van der Waals surface area contributed by atoms with Gasteiger partial charge in [-0.1, -0.05) is 61.4 Å². The molecule has 2 N–H and O–H groups in total. The summed E-state index contributed by atoms with van der Waals surface area (Å²) in [6.07, 6.45) is 5.32. The molecule has 7 heteroatoms. The molecule has 2 aromatic rings. The molecule has 6 nitrogen and oxygen atoms in total. The molecule has 5 rings (SSSR count). The normalized spacial score (nSPS) is 19.6. The highest BCUT2D eigenvalue weighted by Crippen LogP contribution is 2.44. The van der Waals surface area contributed by atoms with Crippen LogP contribution in [-0.2, 0) is 9.53 Å². The van der Waals surface area contributed by atoms with E-state index in [4.69, 9.17) is 4.74 Å². The van der Waals surface area contributed by atoms with Crippen molar-refractivity contribution in [1.82, 2.24) is 10.2 Å². The fourth-order valence-electron chi connectivity index (χ4n) is 5.90. The van der Waals surface area contributed by atoms with Crippen molar-refractivity contribution in [3.8, 4) is 11.1 Å². The van der Waals surface area contributed by atoms with Gasteiger partial charge in [-0.3, -0.25) is 0 Å². The Bertz CT molecular complexity index is 983. The Kier molecular flexibility index (Phi) is 7.48. The van der Waals surface area contributed by atoms with Crippen molar-refractivity contribution in [2.75, 3.05) is 26.2 Å². The van der Waals surface area contributed by atoms with Gasteiger partial charge in [-0.2, -0.15) is 0 Å². The first-order chi connectivity index (χ1) is 16.1. The number of fused-ring (bicyclic) bond motifs is 3. The summed E-state index contributed by atoms with van der Waals surface area (Å²) in [6.45, 7) is 2.60. The van der Waals surface area contributed by atoms with E-state index in [1.165, 1.54) is 36.8 Å². The molecule has 1 saturated heterocycles. The third kappa shape index (κ3) is 4.80. The number of carboxylic acids is 1. The highest BCUT2D eigenvalue weighted by molar-refractivity contribution is 5.85. The van der Waals surface area contributed by atoms with Crippen molar-refractivity contribution >= 4 is 24.5 Å². The lowest BCUT2D eigenvalue weighted by atomic mass is 9.87. The minimum Gasteiger partial charge on any atom is -0.480 e. The number of benzene rings is 2. The van der Waals surface area contributed by atoms with E-state index < -0.39 is 17.6 Å². The maximum absolute atomic E-state index is 12.8. The largest absolute Gasteiger partial charge is 0.480 e. The molecule has 0 spiro atoms. The van der Waals surface area contributed by atoms with E-state index in [0.717, 1.165) is 23.6 Å². The molecule has 0 bridgehead atoms. The summed E-state index contributed by atoms with van der Waals surface area (Å²) < 4.78 is 5.63. The number of carboxylic acid groups (broad SMARTS) is 1. The Morgan fingerprint density at radius 1 is 0.971 bits per heavy atom. The average Bonchev–Trinajstić information content (AvgIpc) is 3.45. The van der Waals surface area contributed by atoms with Crippen LogP contribution in [0.25, 0.3) is 11.1 Å². The molecular weight excluding hydrogens is 452 g/mol. The number of aliphatic carboxylic acids is 1. The van der Waals surface area contributed by atoms with Crippen LogP contribution >= 0.6 is 12.4 Å². The maximum Gasteiger partial charge on any atom is 0.408 e. The number of likely N-dealkylation sites (tertiary alicyclic amines) is 1. The van der Waals surface area contributed by atoms with Gasteiger partial charge in [-0.05, 0) is 53.9 Å². The van der Waals surface area contributed by atoms with Crippen molar-refractivity contribution in [1.29, 1.82) is 0 Å². The molecule has 0 radical (unpaired) electrons. The Morgan fingerprint density at radius 3 is 2.09 bits per heavy atom. The van der Waals surface area contributed by atoms with Crippen LogP contribution < -0.4 is 5.32 Å². The van der Waals surface area contributed by atoms with Gasteiger partial charge in [-0.15, -0.1) is 12.4 Å². The standard InChI is InChI=1S/C27H32N2O4.ClH/c30-25(31)27(13-15-29(16-14-27)17-19-7-1-2-8-19)28-26(32)33-18-24-22-11-5-3-9-20(22)21-10-4-6-12-23(21)24;/h3-6,9-12,19,24H,1-2,7-8,13-18H2,(H,28,32)(H,30,31);1H. The van der Waals surface area contributed by atoms with Gasteiger partial charge in [0.05, 0.1) is 0 Å². The molecule has 2 aliphatic carbocycles. The van der Waals surface area contributed by atoms with Crippen molar-refractivity contribution in [2.45, 2.75) is 50.0 Å². The second-order valence-electron chi connectivity index (χ2n) is 9.79. The zero-order chi connectivity index (χ0) is 22.8. The summed E-state index contributed by atoms with van der Waals surface area (Å²) in [7, 11) is 0. The molecule has 1 aliphatic heterocycles. The number of amides is 1. The molecule has 1 amide bonds. The number of alkyl carbamates (subject to hydrolysis) is 1. The second kappa shape index (κ2) is 10.4. The van der Waals surface area contributed by atoms with Crippen LogP contribution in [0, 0.1) is 5.92 Å². The van der Waals surface area contributed by atoms with Crippen LogP contribution in [0.15, 0.2) is 48.5 Å². The molecule has 34 heavy (non-hydrogen) atoms. The summed E-state index contributed by atoms with van der Waals surface area (Å²) in [4.78, 5) is 27.3. The molecule has 2 fully saturated rings. The monoisotopic (exact) mass is 484 g/mol. The van der Waals surface area contributed by atoms with Crippen LogP contribution in [0.2, 0.25) is 0 Å². The first-order valence-electron chi connectivity index (χ1n) is 12.1. The third-order valence-corrected chi connectivity index (χ3v) is 7.80. The molecule has 0 aromatic heterocycles. The molecule has 1 saturated carbocycles. The molecule has 0 unspecified atom stereocenters. The van der Waals surface area contributed by atoms with Gasteiger partial charge >= 0.3 is 12.1 Å². The number of hydrogen-bond donors (Lipinski definition) is 2. The average molecular weight is 485 g/mol. The van der Waals surface area contributed by atoms with Crippen LogP contribution in [0.4, 0.5) is 4.79 Å². The van der Waals surface area contributed by atoms with Crippen molar-refractivity contribution < 1.29 is 19.4 Å². The lowest BCUT2D eigenvalue weighted by Crippen LogP contribution is -2.60. The van der Waals surface area contributed by atoms with E-state index in [2.05, 4.69) is 34.5 Å². The zero-order valence-corrected chi connectivity index (χ0v) is 20.2. The molecule has 3 aliphatic rings. The second-order valence-corrected chi connectivity index (χ2v) is 9.79. The number of ether oxygens (including phenoxy) is 1. The lowest BCUT2D eigenvalue weighted by molar-refractivity contribution is -0.147. The number of halogens is 1. The minimum absolute atomic E-state index is 0. The van der Waals surface area contributed by atoms with E-state index in [-0.39, 0.29) is 24.9 Å². The number of piperidine rings is 1. The Morgan fingerprint density at radius 2 is 1.53 bits per heavy atom. The van der Waals surface area contributed by atoms with Gasteiger partial charge < -0.3 is 20.1 Å². The van der Waals surface area contributed by atoms with Crippen molar-refractivity contribution in [2.24, 2.45) is 5.92 Å². The fraction of sp³-hybridized carbons (Fsp3) is 0.481. The number of hydrogen-bond acceptors (Lipinski definition) is 4. The lowest BCUT2D eigenvalue weighted by Gasteiger charge is -2.39. The summed E-state index contributed by atoms with van der Waals surface area (Å²) in [6, 6.07) is 16.3. The van der Waals surface area contributed by atoms with Crippen LogP contribution in [0.1, 0.15) is 55.6 Å². The zero-order valence-electron chi connectivity index (χ0n) is 19.4. The molecular formula is C27H33ClN2O4. The third-order valence-electron chi connectivity index (χ3n) is 7.80. The van der Waals surface area contributed by atoms with Gasteiger partial charge in [0.2, 0.25) is 0 Å². The molecule has 0 atom stereocenters. The molecule has 1 heterocycles. The molecule has 2 aromatic carbocycles. The predicted molar refractivity (Wildman–Crippen MR) is 133 cm³/mol. The maximum atomic E-state index is 12.8. The first kappa shape index (κ1) is 24.6. The van der Waals surface area contributed by atoms with Crippen molar-refractivity contribution in [3.05, 3.63) is 59.7 Å². The van der Waals surface area contributed by atoms with E-state index in [0.29, 0.717) is 25.9 Å². The smallest absolute Gasteiger partial charge is 0.408 e. The first-order valence-corrected chi connectivity index (χ1v) is 12.1. The number of carbonyl (C=O) groups is 2. The van der Waals surface area contributed by atoms with Gasteiger partial charge in [0.15, 0.2) is 0 Å². The van der Waals surface area contributed by atoms with Crippen LogP contribution in [0.5, 0.6) is 0 Å². The van der Waals surface area contributed by atoms with E-state index in [1.807, 2.05) is 24.3 Å². The van der Waals surface area contributed by atoms with E-state index in [9.17, 15) is 14.7 Å². The summed E-state index contributed by atoms with van der Waals surface area (Å²) in [5.74, 6) is -0.286. The van der Waals surface area contributed by atoms with E-state index in [1.54, 1.807) is 0 Å². The quantitative estimate of drug-likeness (QED) is 0.599. The minimum atomic E-state index is -1.26. The predicted octanol–water partition coefficient (Wildman–Crippen LogP) is 5.06. The SMILES string of the molecule is Cl.O=C(NC1(C(=O)O)CCN(CC2CCCC2)CC1)OCC1c2ccccc2-c2ccccc21. The highest BCUT2D eigenvalue weighted by Gasteiger charge is 2.44. The summed E-state index contributed by atoms with van der Waals surface area (Å²) in [5, 5.41) is 12.7. The topological polar surface area (TPSA) is 78.9 Å². The van der Waals surface area contributed by atoms with Crippen LogP contribution in [-0.4, -0.2) is 53.8 Å². The number of nitrogens with one attached hydrogen (secondary N) is 1. The van der Waals surface area contributed by atoms with Gasteiger partial charge in [-0.25, -0.2) is 9.59 Å². The van der Waals surface area contributed by atoms with Gasteiger partial charge in [0.1, 0.15) is 12.1 Å². The Labute approximate surface area is 207 Å². The fourth-order valence-corrected chi connectivity index (χ4v) is 5.90. The van der Waals surface area contributed by atoms with E-state index >= 15 is 0 Å². The van der Waals surface area contributed by atoms with Gasteiger partial charge in [0.25, 0.3) is 0 Å².